The largest absolute Gasteiger partial charge is 0.391 e. The molecular weight excluding hydrogens is 210 g/mol. The van der Waals surface area contributed by atoms with Crippen LogP contribution in [0.15, 0.2) is 0 Å². The highest BCUT2D eigenvalue weighted by Crippen LogP contribution is 2.39. The molecule has 0 radical (unpaired) electrons. The second kappa shape index (κ2) is 5.27. The van der Waals surface area contributed by atoms with Gasteiger partial charge in [0.05, 0.1) is 6.10 Å². The van der Waals surface area contributed by atoms with Crippen LogP contribution < -0.4 is 0 Å². The molecular formula is C15H27NO. The fourth-order valence-electron chi connectivity index (χ4n) is 4.51. The average molecular weight is 237 g/mol. The Kier molecular flexibility index (Phi) is 3.72. The van der Waals surface area contributed by atoms with Crippen LogP contribution in [0.4, 0.5) is 0 Å². The van der Waals surface area contributed by atoms with E-state index in [1.54, 1.807) is 0 Å². The van der Waals surface area contributed by atoms with E-state index in [0.29, 0.717) is 6.04 Å². The van der Waals surface area contributed by atoms with Crippen molar-refractivity contribution in [3.05, 3.63) is 0 Å². The number of likely N-dealkylation sites (tertiary alicyclic amines) is 1. The predicted molar refractivity (Wildman–Crippen MR) is 69.9 cm³/mol. The molecule has 3 rings (SSSR count). The molecule has 1 heterocycles. The Balaban J connectivity index is 1.69. The van der Waals surface area contributed by atoms with Gasteiger partial charge in [-0.2, -0.15) is 0 Å². The number of rotatable bonds is 1. The zero-order valence-corrected chi connectivity index (χ0v) is 11.0. The fourth-order valence-corrected chi connectivity index (χ4v) is 4.51. The van der Waals surface area contributed by atoms with E-state index in [2.05, 4.69) is 4.90 Å². The minimum Gasteiger partial charge on any atom is -0.391 e. The van der Waals surface area contributed by atoms with Crippen LogP contribution in [0.25, 0.3) is 0 Å². The molecule has 0 aromatic heterocycles. The number of hydrogen-bond donors (Lipinski definition) is 1. The maximum Gasteiger partial charge on any atom is 0.0695 e. The van der Waals surface area contributed by atoms with Crippen LogP contribution in [0, 0.1) is 5.92 Å². The molecule has 2 aliphatic carbocycles. The van der Waals surface area contributed by atoms with Gasteiger partial charge in [0.2, 0.25) is 0 Å². The summed E-state index contributed by atoms with van der Waals surface area (Å²) in [5, 5.41) is 10.4. The van der Waals surface area contributed by atoms with Crippen LogP contribution in [-0.4, -0.2) is 34.7 Å². The first-order valence-electron chi connectivity index (χ1n) is 7.80. The Bertz CT molecular complexity index is 255. The van der Waals surface area contributed by atoms with Gasteiger partial charge in [-0.15, -0.1) is 0 Å². The molecule has 1 aliphatic heterocycles. The lowest BCUT2D eigenvalue weighted by Gasteiger charge is -2.38. The molecule has 0 bridgehead atoms. The normalized spacial score (nSPS) is 44.3. The lowest BCUT2D eigenvalue weighted by molar-refractivity contribution is 0.0247. The van der Waals surface area contributed by atoms with Gasteiger partial charge in [0.1, 0.15) is 0 Å². The Morgan fingerprint density at radius 2 is 1.41 bits per heavy atom. The first kappa shape index (κ1) is 12.0. The molecule has 4 unspecified atom stereocenters. The third-order valence-electron chi connectivity index (χ3n) is 5.42. The van der Waals surface area contributed by atoms with Crippen LogP contribution in [-0.2, 0) is 0 Å². The molecule has 2 heteroatoms. The third kappa shape index (κ3) is 2.39. The highest BCUT2D eigenvalue weighted by atomic mass is 16.3. The standard InChI is InChI=1S/C15H27NO/c17-15-9-3-1-2-8-14(15)16-11-10-12-6-4-5-7-13(12)16/h12-15,17H,1-11H2. The molecule has 98 valence electrons. The molecule has 0 aromatic carbocycles. The number of fused-ring (bicyclic) bond motifs is 1. The van der Waals surface area contributed by atoms with Gasteiger partial charge in [-0.25, -0.2) is 0 Å². The van der Waals surface area contributed by atoms with Gasteiger partial charge in [0, 0.05) is 12.1 Å². The molecule has 2 saturated carbocycles. The second-order valence-electron chi connectivity index (χ2n) is 6.41. The Labute approximate surface area is 105 Å². The molecule has 4 atom stereocenters. The first-order chi connectivity index (χ1) is 8.36. The Morgan fingerprint density at radius 1 is 0.706 bits per heavy atom. The lowest BCUT2D eigenvalue weighted by atomic mass is 9.84. The summed E-state index contributed by atoms with van der Waals surface area (Å²) in [5.41, 5.74) is 0. The number of aliphatic hydroxyl groups is 1. The lowest BCUT2D eigenvalue weighted by Crippen LogP contribution is -2.47. The van der Waals surface area contributed by atoms with Crippen LogP contribution in [0.3, 0.4) is 0 Å². The van der Waals surface area contributed by atoms with Crippen LogP contribution in [0.1, 0.15) is 64.2 Å². The van der Waals surface area contributed by atoms with E-state index in [4.69, 9.17) is 0 Å². The van der Waals surface area contributed by atoms with Gasteiger partial charge in [-0.05, 0) is 44.6 Å². The van der Waals surface area contributed by atoms with Gasteiger partial charge in [0.15, 0.2) is 0 Å². The van der Waals surface area contributed by atoms with E-state index >= 15 is 0 Å². The molecule has 0 spiro atoms. The van der Waals surface area contributed by atoms with E-state index < -0.39 is 0 Å². The van der Waals surface area contributed by atoms with Crippen molar-refractivity contribution >= 4 is 0 Å². The fraction of sp³-hybridized carbons (Fsp3) is 1.00. The smallest absolute Gasteiger partial charge is 0.0695 e. The summed E-state index contributed by atoms with van der Waals surface area (Å²) in [6, 6.07) is 1.31. The van der Waals surface area contributed by atoms with Crippen molar-refractivity contribution in [2.45, 2.75) is 82.4 Å². The van der Waals surface area contributed by atoms with E-state index in [1.165, 1.54) is 64.3 Å². The van der Waals surface area contributed by atoms with Gasteiger partial charge in [-0.3, -0.25) is 4.90 Å². The zero-order chi connectivity index (χ0) is 11.7. The molecule has 0 amide bonds. The quantitative estimate of drug-likeness (QED) is 0.709. The first-order valence-corrected chi connectivity index (χ1v) is 7.80. The van der Waals surface area contributed by atoms with Crippen molar-refractivity contribution in [2.24, 2.45) is 5.92 Å². The van der Waals surface area contributed by atoms with Crippen molar-refractivity contribution in [1.82, 2.24) is 4.90 Å². The molecule has 3 fully saturated rings. The average Bonchev–Trinajstić information content (AvgIpc) is 2.66. The Morgan fingerprint density at radius 3 is 2.35 bits per heavy atom. The van der Waals surface area contributed by atoms with Gasteiger partial charge in [-0.1, -0.05) is 32.1 Å². The molecule has 3 aliphatic rings. The second-order valence-corrected chi connectivity index (χ2v) is 6.41. The highest BCUT2D eigenvalue weighted by Gasteiger charge is 2.40. The number of aliphatic hydroxyl groups excluding tert-OH is 1. The van der Waals surface area contributed by atoms with E-state index in [9.17, 15) is 5.11 Å². The van der Waals surface area contributed by atoms with Crippen molar-refractivity contribution in [2.75, 3.05) is 6.54 Å². The van der Waals surface area contributed by atoms with Crippen LogP contribution >= 0.6 is 0 Å². The molecule has 0 aromatic rings. The summed E-state index contributed by atoms with van der Waals surface area (Å²) in [6.45, 7) is 1.26. The summed E-state index contributed by atoms with van der Waals surface area (Å²) < 4.78 is 0. The summed E-state index contributed by atoms with van der Waals surface area (Å²) in [6.07, 6.45) is 13.2. The van der Waals surface area contributed by atoms with Crippen molar-refractivity contribution < 1.29 is 5.11 Å². The van der Waals surface area contributed by atoms with Crippen molar-refractivity contribution in [3.8, 4) is 0 Å². The van der Waals surface area contributed by atoms with Crippen LogP contribution in [0.5, 0.6) is 0 Å². The predicted octanol–water partition coefficient (Wildman–Crippen LogP) is 2.94. The third-order valence-corrected chi connectivity index (χ3v) is 5.42. The molecule has 17 heavy (non-hydrogen) atoms. The van der Waals surface area contributed by atoms with E-state index in [0.717, 1.165) is 18.4 Å². The summed E-state index contributed by atoms with van der Waals surface area (Å²) in [7, 11) is 0. The monoisotopic (exact) mass is 237 g/mol. The molecule has 2 nitrogen and oxygen atoms in total. The summed E-state index contributed by atoms with van der Waals surface area (Å²) >= 11 is 0. The van der Waals surface area contributed by atoms with Crippen LogP contribution in [0.2, 0.25) is 0 Å². The minimum atomic E-state index is -0.0434. The maximum atomic E-state index is 10.4. The van der Waals surface area contributed by atoms with Gasteiger partial charge in [0.25, 0.3) is 0 Å². The van der Waals surface area contributed by atoms with Gasteiger partial charge < -0.3 is 5.11 Å². The van der Waals surface area contributed by atoms with Crippen molar-refractivity contribution in [1.29, 1.82) is 0 Å². The SMILES string of the molecule is OC1CCCCCC1N1CCC2CCCCC21. The minimum absolute atomic E-state index is 0.0434. The van der Waals surface area contributed by atoms with Gasteiger partial charge >= 0.3 is 0 Å². The topological polar surface area (TPSA) is 23.5 Å². The highest BCUT2D eigenvalue weighted by molar-refractivity contribution is 4.95. The maximum absolute atomic E-state index is 10.4. The summed E-state index contributed by atoms with van der Waals surface area (Å²) in [5.74, 6) is 0.958. The van der Waals surface area contributed by atoms with Crippen molar-refractivity contribution in [3.63, 3.8) is 0 Å². The molecule has 1 N–H and O–H groups in total. The molecule has 1 saturated heterocycles. The van der Waals surface area contributed by atoms with E-state index in [1.807, 2.05) is 0 Å². The number of nitrogens with zero attached hydrogens (tertiary/aromatic N) is 1. The zero-order valence-electron chi connectivity index (χ0n) is 11.0. The van der Waals surface area contributed by atoms with E-state index in [-0.39, 0.29) is 6.10 Å². The summed E-state index contributed by atoms with van der Waals surface area (Å²) in [4.78, 5) is 2.71. The number of hydrogen-bond acceptors (Lipinski definition) is 2. The Hall–Kier alpha value is -0.0800.